The minimum absolute atomic E-state index is 0.0687. The molecule has 0 spiro atoms. The van der Waals surface area contributed by atoms with Gasteiger partial charge in [-0.15, -0.1) is 0 Å². The molecule has 13 heavy (non-hydrogen) atoms. The lowest BCUT2D eigenvalue weighted by Crippen LogP contribution is -2.21. The second kappa shape index (κ2) is 5.02. The van der Waals surface area contributed by atoms with Gasteiger partial charge in [0, 0.05) is 26.7 Å². The zero-order valence-electron chi connectivity index (χ0n) is 8.49. The molecule has 1 rings (SSSR count). The molecule has 0 aliphatic carbocycles. The number of hydrogen-bond donors (Lipinski definition) is 0. The van der Waals surface area contributed by atoms with Gasteiger partial charge in [0.05, 0.1) is 0 Å². The SMILES string of the molecule is CN(C)C(=O)C=CCN1CCCC1. The molecule has 0 atom stereocenters. The van der Waals surface area contributed by atoms with E-state index in [1.165, 1.54) is 25.9 Å². The predicted octanol–water partition coefficient (Wildman–Crippen LogP) is 0.727. The number of nitrogens with zero attached hydrogens (tertiary/aromatic N) is 2. The van der Waals surface area contributed by atoms with Crippen molar-refractivity contribution in [1.82, 2.24) is 9.80 Å². The number of likely N-dealkylation sites (tertiary alicyclic amines) is 1. The minimum atomic E-state index is 0.0687. The lowest BCUT2D eigenvalue weighted by molar-refractivity contribution is -0.123. The lowest BCUT2D eigenvalue weighted by atomic mass is 10.4. The Morgan fingerprint density at radius 2 is 2.00 bits per heavy atom. The molecule has 0 bridgehead atoms. The zero-order valence-corrected chi connectivity index (χ0v) is 8.49. The van der Waals surface area contributed by atoms with Gasteiger partial charge in [-0.25, -0.2) is 0 Å². The molecule has 0 unspecified atom stereocenters. The summed E-state index contributed by atoms with van der Waals surface area (Å²) in [5, 5.41) is 0. The molecule has 0 saturated carbocycles. The average molecular weight is 182 g/mol. The Labute approximate surface area is 80.0 Å². The molecular formula is C10H18N2O. The smallest absolute Gasteiger partial charge is 0.245 e. The third-order valence-corrected chi connectivity index (χ3v) is 2.26. The van der Waals surface area contributed by atoms with Crippen molar-refractivity contribution >= 4 is 5.91 Å². The largest absolute Gasteiger partial charge is 0.345 e. The number of rotatable bonds is 3. The fourth-order valence-corrected chi connectivity index (χ4v) is 1.42. The highest BCUT2D eigenvalue weighted by Crippen LogP contribution is 2.06. The molecule has 1 saturated heterocycles. The highest BCUT2D eigenvalue weighted by molar-refractivity contribution is 5.87. The second-order valence-electron chi connectivity index (χ2n) is 3.64. The fraction of sp³-hybridized carbons (Fsp3) is 0.700. The van der Waals surface area contributed by atoms with Gasteiger partial charge in [0.1, 0.15) is 0 Å². The van der Waals surface area contributed by atoms with Gasteiger partial charge in [-0.3, -0.25) is 9.69 Å². The molecule has 1 aliphatic rings. The van der Waals surface area contributed by atoms with Crippen LogP contribution in [0.25, 0.3) is 0 Å². The number of amides is 1. The first-order valence-electron chi connectivity index (χ1n) is 4.80. The second-order valence-corrected chi connectivity index (χ2v) is 3.64. The first kappa shape index (κ1) is 10.3. The topological polar surface area (TPSA) is 23.6 Å². The van der Waals surface area contributed by atoms with Crippen LogP contribution in [0.3, 0.4) is 0 Å². The van der Waals surface area contributed by atoms with E-state index in [4.69, 9.17) is 0 Å². The molecule has 3 heteroatoms. The highest BCUT2D eigenvalue weighted by Gasteiger charge is 2.08. The van der Waals surface area contributed by atoms with Crippen molar-refractivity contribution in [3.05, 3.63) is 12.2 Å². The Morgan fingerprint density at radius 3 is 2.54 bits per heavy atom. The average Bonchev–Trinajstić information content (AvgIpc) is 2.56. The molecule has 1 heterocycles. The van der Waals surface area contributed by atoms with Gasteiger partial charge in [-0.1, -0.05) is 6.08 Å². The van der Waals surface area contributed by atoms with Gasteiger partial charge in [0.25, 0.3) is 0 Å². The van der Waals surface area contributed by atoms with Gasteiger partial charge in [-0.05, 0) is 25.9 Å². The molecule has 1 aliphatic heterocycles. The molecule has 74 valence electrons. The van der Waals surface area contributed by atoms with Gasteiger partial charge >= 0.3 is 0 Å². The standard InChI is InChI=1S/C10H18N2O/c1-11(2)10(13)6-5-9-12-7-3-4-8-12/h5-6H,3-4,7-9H2,1-2H3. The van der Waals surface area contributed by atoms with Crippen molar-refractivity contribution in [2.24, 2.45) is 0 Å². The van der Waals surface area contributed by atoms with Gasteiger partial charge in [0.15, 0.2) is 0 Å². The molecule has 3 nitrogen and oxygen atoms in total. The summed E-state index contributed by atoms with van der Waals surface area (Å²) >= 11 is 0. The normalized spacial score (nSPS) is 18.3. The van der Waals surface area contributed by atoms with Crippen molar-refractivity contribution in [3.63, 3.8) is 0 Å². The number of likely N-dealkylation sites (N-methyl/N-ethyl adjacent to an activating group) is 1. The van der Waals surface area contributed by atoms with Crippen molar-refractivity contribution in [2.75, 3.05) is 33.7 Å². The van der Waals surface area contributed by atoms with Crippen molar-refractivity contribution < 1.29 is 4.79 Å². The summed E-state index contributed by atoms with van der Waals surface area (Å²) in [7, 11) is 3.53. The summed E-state index contributed by atoms with van der Waals surface area (Å²) in [6, 6.07) is 0. The van der Waals surface area contributed by atoms with Crippen molar-refractivity contribution in [2.45, 2.75) is 12.8 Å². The van der Waals surface area contributed by atoms with Crippen LogP contribution in [-0.4, -0.2) is 49.4 Å². The highest BCUT2D eigenvalue weighted by atomic mass is 16.2. The number of hydrogen-bond acceptors (Lipinski definition) is 2. The van der Waals surface area contributed by atoms with E-state index in [0.717, 1.165) is 6.54 Å². The first-order valence-corrected chi connectivity index (χ1v) is 4.80. The maximum absolute atomic E-state index is 11.1. The van der Waals surface area contributed by atoms with E-state index in [1.807, 2.05) is 6.08 Å². The van der Waals surface area contributed by atoms with Gasteiger partial charge in [-0.2, -0.15) is 0 Å². The summed E-state index contributed by atoms with van der Waals surface area (Å²) in [5.41, 5.74) is 0. The van der Waals surface area contributed by atoms with Crippen LogP contribution in [-0.2, 0) is 4.79 Å². The van der Waals surface area contributed by atoms with Crippen LogP contribution < -0.4 is 0 Å². The Hall–Kier alpha value is -0.830. The molecule has 0 radical (unpaired) electrons. The monoisotopic (exact) mass is 182 g/mol. The van der Waals surface area contributed by atoms with Crippen molar-refractivity contribution in [3.8, 4) is 0 Å². The van der Waals surface area contributed by atoms with Gasteiger partial charge in [0.2, 0.25) is 5.91 Å². The summed E-state index contributed by atoms with van der Waals surface area (Å²) in [4.78, 5) is 15.1. The summed E-state index contributed by atoms with van der Waals surface area (Å²) in [5.74, 6) is 0.0687. The molecule has 0 N–H and O–H groups in total. The number of carbonyl (C=O) groups excluding carboxylic acids is 1. The predicted molar refractivity (Wildman–Crippen MR) is 53.5 cm³/mol. The van der Waals surface area contributed by atoms with E-state index >= 15 is 0 Å². The van der Waals surface area contributed by atoms with Crippen molar-refractivity contribution in [1.29, 1.82) is 0 Å². The Bertz CT molecular complexity index is 193. The molecule has 1 fully saturated rings. The van der Waals surface area contributed by atoms with E-state index in [0.29, 0.717) is 0 Å². The van der Waals surface area contributed by atoms with Crippen LogP contribution in [0, 0.1) is 0 Å². The Kier molecular flexibility index (Phi) is 3.96. The quantitative estimate of drug-likeness (QED) is 0.601. The van der Waals surface area contributed by atoms with Gasteiger partial charge < -0.3 is 4.90 Å². The summed E-state index contributed by atoms with van der Waals surface area (Å²) < 4.78 is 0. The Balaban J connectivity index is 2.20. The van der Waals surface area contributed by atoms with Crippen LogP contribution in [0.15, 0.2) is 12.2 Å². The third kappa shape index (κ3) is 3.59. The lowest BCUT2D eigenvalue weighted by Gasteiger charge is -2.11. The molecular weight excluding hydrogens is 164 g/mol. The van der Waals surface area contributed by atoms with Crippen LogP contribution >= 0.6 is 0 Å². The minimum Gasteiger partial charge on any atom is -0.345 e. The maximum Gasteiger partial charge on any atom is 0.245 e. The molecule has 0 aromatic heterocycles. The van der Waals surface area contributed by atoms with Crippen LogP contribution in [0.2, 0.25) is 0 Å². The third-order valence-electron chi connectivity index (χ3n) is 2.26. The summed E-state index contributed by atoms with van der Waals surface area (Å²) in [6.45, 7) is 3.28. The first-order chi connectivity index (χ1) is 6.20. The van der Waals surface area contributed by atoms with E-state index in [-0.39, 0.29) is 5.91 Å². The number of carbonyl (C=O) groups is 1. The summed E-state index contributed by atoms with van der Waals surface area (Å²) in [6.07, 6.45) is 6.21. The van der Waals surface area contributed by atoms with E-state index in [2.05, 4.69) is 4.90 Å². The fourth-order valence-electron chi connectivity index (χ4n) is 1.42. The zero-order chi connectivity index (χ0) is 9.68. The van der Waals surface area contributed by atoms with Crippen LogP contribution in [0.5, 0.6) is 0 Å². The van der Waals surface area contributed by atoms with E-state index in [1.54, 1.807) is 25.1 Å². The molecule has 0 aromatic carbocycles. The van der Waals surface area contributed by atoms with Crippen LogP contribution in [0.1, 0.15) is 12.8 Å². The molecule has 0 aromatic rings. The van der Waals surface area contributed by atoms with Crippen LogP contribution in [0.4, 0.5) is 0 Å². The molecule has 1 amide bonds. The van der Waals surface area contributed by atoms with E-state index in [9.17, 15) is 4.79 Å². The van der Waals surface area contributed by atoms with E-state index < -0.39 is 0 Å². The Morgan fingerprint density at radius 1 is 1.38 bits per heavy atom. The maximum atomic E-state index is 11.1.